The fourth-order valence-electron chi connectivity index (χ4n) is 1.79. The topological polar surface area (TPSA) is 15.3 Å². The predicted molar refractivity (Wildman–Crippen MR) is 80.2 cm³/mol. The van der Waals surface area contributed by atoms with E-state index in [2.05, 4.69) is 50.2 Å². The number of hydrogen-bond acceptors (Lipinski definition) is 2. The minimum Gasteiger partial charge on any atom is -0.312 e. The molecule has 0 radical (unpaired) electrons. The summed E-state index contributed by atoms with van der Waals surface area (Å²) in [6, 6.07) is 8.08. The van der Waals surface area contributed by atoms with E-state index in [1.807, 2.05) is 12.1 Å². The fraction of sp³-hybridized carbons (Fsp3) is 0.600. The van der Waals surface area contributed by atoms with Crippen LogP contribution in [0.3, 0.4) is 0 Å². The quantitative estimate of drug-likeness (QED) is 0.794. The van der Waals surface area contributed by atoms with Crippen LogP contribution in [-0.4, -0.2) is 30.6 Å². The first-order valence-corrected chi connectivity index (χ1v) is 6.93. The highest BCUT2D eigenvalue weighted by atomic mass is 35.5. The van der Waals surface area contributed by atoms with Gasteiger partial charge >= 0.3 is 0 Å². The fourth-order valence-corrected chi connectivity index (χ4v) is 1.92. The van der Waals surface area contributed by atoms with Crippen molar-refractivity contribution in [3.8, 4) is 0 Å². The number of nitrogens with zero attached hydrogens (tertiary/aromatic N) is 1. The van der Waals surface area contributed by atoms with Crippen LogP contribution in [0.4, 0.5) is 0 Å². The maximum absolute atomic E-state index is 5.87. The van der Waals surface area contributed by atoms with Gasteiger partial charge in [0.15, 0.2) is 0 Å². The van der Waals surface area contributed by atoms with Gasteiger partial charge in [0, 0.05) is 17.1 Å². The zero-order chi connectivity index (χ0) is 13.6. The Labute approximate surface area is 116 Å². The van der Waals surface area contributed by atoms with Gasteiger partial charge in [0.05, 0.1) is 0 Å². The molecule has 0 saturated heterocycles. The third kappa shape index (κ3) is 7.00. The maximum Gasteiger partial charge on any atom is 0.0406 e. The summed E-state index contributed by atoms with van der Waals surface area (Å²) in [5, 5.41) is 4.31. The van der Waals surface area contributed by atoms with Gasteiger partial charge in [-0.05, 0) is 65.0 Å². The molecule has 0 fully saturated rings. The summed E-state index contributed by atoms with van der Waals surface area (Å²) < 4.78 is 0. The molecule has 0 spiro atoms. The van der Waals surface area contributed by atoms with Crippen LogP contribution in [0.25, 0.3) is 0 Å². The van der Waals surface area contributed by atoms with E-state index in [-0.39, 0.29) is 5.54 Å². The number of nitrogens with one attached hydrogen (secondary N) is 1. The van der Waals surface area contributed by atoms with Crippen LogP contribution in [-0.2, 0) is 6.54 Å². The van der Waals surface area contributed by atoms with Gasteiger partial charge < -0.3 is 10.2 Å². The lowest BCUT2D eigenvalue weighted by Crippen LogP contribution is -2.37. The van der Waals surface area contributed by atoms with E-state index >= 15 is 0 Å². The first kappa shape index (κ1) is 15.5. The van der Waals surface area contributed by atoms with Gasteiger partial charge in [-0.1, -0.05) is 23.7 Å². The van der Waals surface area contributed by atoms with Gasteiger partial charge in [0.2, 0.25) is 0 Å². The summed E-state index contributed by atoms with van der Waals surface area (Å²) >= 11 is 5.87. The monoisotopic (exact) mass is 268 g/mol. The van der Waals surface area contributed by atoms with Crippen molar-refractivity contribution < 1.29 is 0 Å². The molecular weight excluding hydrogens is 244 g/mol. The maximum atomic E-state index is 5.87. The second-order valence-electron chi connectivity index (χ2n) is 5.89. The van der Waals surface area contributed by atoms with E-state index in [4.69, 9.17) is 11.6 Å². The van der Waals surface area contributed by atoms with Crippen molar-refractivity contribution in [3.63, 3.8) is 0 Å². The first-order valence-electron chi connectivity index (χ1n) is 6.55. The molecule has 0 aliphatic rings. The van der Waals surface area contributed by atoms with Gasteiger partial charge in [-0.15, -0.1) is 0 Å². The molecule has 2 nitrogen and oxygen atoms in total. The Morgan fingerprint density at radius 1 is 1.17 bits per heavy atom. The summed E-state index contributed by atoms with van der Waals surface area (Å²) in [6.45, 7) is 9.74. The Kier molecular flexibility index (Phi) is 6.13. The molecule has 1 aromatic carbocycles. The zero-order valence-corrected chi connectivity index (χ0v) is 12.7. The highest BCUT2D eigenvalue weighted by molar-refractivity contribution is 6.30. The largest absolute Gasteiger partial charge is 0.312 e. The van der Waals surface area contributed by atoms with E-state index in [1.54, 1.807) is 0 Å². The Morgan fingerprint density at radius 2 is 1.78 bits per heavy atom. The van der Waals surface area contributed by atoms with Gasteiger partial charge in [0.1, 0.15) is 0 Å². The normalized spacial score (nSPS) is 12.1. The summed E-state index contributed by atoms with van der Waals surface area (Å²) in [6.07, 6.45) is 1.17. The van der Waals surface area contributed by atoms with Crippen molar-refractivity contribution in [3.05, 3.63) is 34.9 Å². The van der Waals surface area contributed by atoms with Crippen LogP contribution < -0.4 is 5.32 Å². The Morgan fingerprint density at radius 3 is 2.33 bits per heavy atom. The van der Waals surface area contributed by atoms with Gasteiger partial charge in [0.25, 0.3) is 0 Å². The van der Waals surface area contributed by atoms with Crippen LogP contribution in [0.2, 0.25) is 5.02 Å². The van der Waals surface area contributed by atoms with E-state index in [1.165, 1.54) is 12.0 Å². The second-order valence-corrected chi connectivity index (χ2v) is 6.33. The highest BCUT2D eigenvalue weighted by Crippen LogP contribution is 2.11. The lowest BCUT2D eigenvalue weighted by atomic mass is 10.1. The van der Waals surface area contributed by atoms with E-state index in [9.17, 15) is 0 Å². The molecule has 102 valence electrons. The van der Waals surface area contributed by atoms with E-state index in [0.29, 0.717) is 0 Å². The average molecular weight is 269 g/mol. The highest BCUT2D eigenvalue weighted by Gasteiger charge is 2.07. The van der Waals surface area contributed by atoms with Crippen LogP contribution in [0.1, 0.15) is 32.8 Å². The molecule has 1 aromatic rings. The number of hydrogen-bond donors (Lipinski definition) is 1. The predicted octanol–water partition coefficient (Wildman–Crippen LogP) is 3.55. The molecule has 1 rings (SSSR count). The smallest absolute Gasteiger partial charge is 0.0406 e. The molecule has 0 bridgehead atoms. The molecule has 3 heteroatoms. The SMILES string of the molecule is CN(CCCNC(C)(C)C)Cc1ccc(Cl)cc1. The van der Waals surface area contributed by atoms with Crippen molar-refractivity contribution in [1.29, 1.82) is 0 Å². The molecule has 0 saturated carbocycles. The Balaban J connectivity index is 2.21. The van der Waals surface area contributed by atoms with Crippen molar-refractivity contribution in [2.45, 2.75) is 39.3 Å². The van der Waals surface area contributed by atoms with E-state index < -0.39 is 0 Å². The summed E-state index contributed by atoms with van der Waals surface area (Å²) in [5.41, 5.74) is 1.53. The molecule has 1 N–H and O–H groups in total. The summed E-state index contributed by atoms with van der Waals surface area (Å²) in [7, 11) is 2.16. The van der Waals surface area contributed by atoms with E-state index in [0.717, 1.165) is 24.7 Å². The average Bonchev–Trinajstić information content (AvgIpc) is 2.26. The third-order valence-corrected chi connectivity index (χ3v) is 2.99. The zero-order valence-electron chi connectivity index (χ0n) is 12.0. The van der Waals surface area contributed by atoms with Crippen LogP contribution in [0, 0.1) is 0 Å². The van der Waals surface area contributed by atoms with Gasteiger partial charge in [-0.3, -0.25) is 0 Å². The van der Waals surface area contributed by atoms with Crippen LogP contribution in [0.5, 0.6) is 0 Å². The Hall–Kier alpha value is -0.570. The number of rotatable bonds is 6. The van der Waals surface area contributed by atoms with Gasteiger partial charge in [-0.25, -0.2) is 0 Å². The first-order chi connectivity index (χ1) is 8.37. The van der Waals surface area contributed by atoms with Crippen molar-refractivity contribution >= 4 is 11.6 Å². The molecule has 0 amide bonds. The number of benzene rings is 1. The van der Waals surface area contributed by atoms with Crippen molar-refractivity contribution in [1.82, 2.24) is 10.2 Å². The Bertz CT molecular complexity index is 341. The molecule has 0 unspecified atom stereocenters. The standard InChI is InChI=1S/C15H25ClN2/c1-15(2,3)17-10-5-11-18(4)12-13-6-8-14(16)9-7-13/h6-9,17H,5,10-12H2,1-4H3. The second kappa shape index (κ2) is 7.13. The minimum absolute atomic E-state index is 0.217. The molecule has 0 atom stereocenters. The summed E-state index contributed by atoms with van der Waals surface area (Å²) in [4.78, 5) is 2.34. The van der Waals surface area contributed by atoms with Crippen LogP contribution >= 0.6 is 11.6 Å². The van der Waals surface area contributed by atoms with Crippen LogP contribution in [0.15, 0.2) is 24.3 Å². The minimum atomic E-state index is 0.217. The lowest BCUT2D eigenvalue weighted by molar-refractivity contribution is 0.310. The van der Waals surface area contributed by atoms with Crippen molar-refractivity contribution in [2.24, 2.45) is 0 Å². The molecule has 18 heavy (non-hydrogen) atoms. The molecule has 0 aromatic heterocycles. The summed E-state index contributed by atoms with van der Waals surface area (Å²) in [5.74, 6) is 0. The number of halogens is 1. The van der Waals surface area contributed by atoms with Crippen molar-refractivity contribution in [2.75, 3.05) is 20.1 Å². The molecule has 0 heterocycles. The van der Waals surface area contributed by atoms with Gasteiger partial charge in [-0.2, -0.15) is 0 Å². The lowest BCUT2D eigenvalue weighted by Gasteiger charge is -2.22. The molecule has 0 aliphatic heterocycles. The third-order valence-electron chi connectivity index (χ3n) is 2.74. The molecule has 0 aliphatic carbocycles. The molecular formula is C15H25ClN2.